The molecule has 0 aliphatic heterocycles. The third kappa shape index (κ3) is 3.75. The standard InChI is InChI=1S/C13H15NO3/c1-9(15)11-8-10(6-7-12(11)14)4-3-5-13(16)17-2/h3-4,6-8H,5,14H2,1-2H3. The average molecular weight is 233 g/mol. The van der Waals surface area contributed by atoms with E-state index in [2.05, 4.69) is 4.74 Å². The summed E-state index contributed by atoms with van der Waals surface area (Å²) in [6.45, 7) is 1.47. The highest BCUT2D eigenvalue weighted by Gasteiger charge is 2.04. The number of methoxy groups -OCH3 is 1. The van der Waals surface area contributed by atoms with Gasteiger partial charge in [0.1, 0.15) is 0 Å². The summed E-state index contributed by atoms with van der Waals surface area (Å²) in [5.74, 6) is -0.380. The van der Waals surface area contributed by atoms with Crippen molar-refractivity contribution in [1.82, 2.24) is 0 Å². The number of carbonyl (C=O) groups excluding carboxylic acids is 2. The van der Waals surface area contributed by atoms with Gasteiger partial charge in [-0.2, -0.15) is 0 Å². The zero-order valence-electron chi connectivity index (χ0n) is 9.90. The number of rotatable bonds is 4. The van der Waals surface area contributed by atoms with E-state index >= 15 is 0 Å². The molecule has 1 rings (SSSR count). The second kappa shape index (κ2) is 5.84. The Morgan fingerprint density at radius 2 is 2.12 bits per heavy atom. The molecule has 0 amide bonds. The Balaban J connectivity index is 2.82. The highest BCUT2D eigenvalue weighted by Crippen LogP contribution is 2.16. The molecule has 17 heavy (non-hydrogen) atoms. The summed E-state index contributed by atoms with van der Waals surface area (Å²) in [6.07, 6.45) is 3.64. The first kappa shape index (κ1) is 13.0. The van der Waals surface area contributed by atoms with Crippen LogP contribution >= 0.6 is 0 Å². The van der Waals surface area contributed by atoms with Gasteiger partial charge >= 0.3 is 5.97 Å². The van der Waals surface area contributed by atoms with Crippen LogP contribution in [0.3, 0.4) is 0 Å². The van der Waals surface area contributed by atoms with E-state index in [1.54, 1.807) is 30.4 Å². The van der Waals surface area contributed by atoms with E-state index in [4.69, 9.17) is 5.73 Å². The van der Waals surface area contributed by atoms with Crippen molar-refractivity contribution in [2.75, 3.05) is 12.8 Å². The van der Waals surface area contributed by atoms with Crippen LogP contribution in [0.5, 0.6) is 0 Å². The van der Waals surface area contributed by atoms with Crippen molar-refractivity contribution in [3.8, 4) is 0 Å². The minimum Gasteiger partial charge on any atom is -0.469 e. The maximum absolute atomic E-state index is 11.3. The van der Waals surface area contributed by atoms with Crippen molar-refractivity contribution in [3.05, 3.63) is 35.4 Å². The van der Waals surface area contributed by atoms with E-state index in [-0.39, 0.29) is 18.2 Å². The lowest BCUT2D eigenvalue weighted by Crippen LogP contribution is -1.99. The number of nitrogen functional groups attached to an aromatic ring is 1. The third-order valence-electron chi connectivity index (χ3n) is 2.28. The van der Waals surface area contributed by atoms with Crippen LogP contribution in [-0.4, -0.2) is 18.9 Å². The van der Waals surface area contributed by atoms with Crippen LogP contribution in [0.15, 0.2) is 24.3 Å². The van der Waals surface area contributed by atoms with E-state index in [1.807, 2.05) is 0 Å². The van der Waals surface area contributed by atoms with E-state index < -0.39 is 0 Å². The molecule has 0 aliphatic rings. The molecule has 0 bridgehead atoms. The van der Waals surface area contributed by atoms with Gasteiger partial charge < -0.3 is 10.5 Å². The van der Waals surface area contributed by atoms with Crippen LogP contribution in [0.2, 0.25) is 0 Å². The Kier molecular flexibility index (Phi) is 4.46. The topological polar surface area (TPSA) is 69.4 Å². The normalized spacial score (nSPS) is 10.5. The monoisotopic (exact) mass is 233 g/mol. The highest BCUT2D eigenvalue weighted by atomic mass is 16.5. The Labute approximate surface area is 100 Å². The van der Waals surface area contributed by atoms with Crippen LogP contribution in [0.1, 0.15) is 29.3 Å². The molecule has 0 unspecified atom stereocenters. The maximum Gasteiger partial charge on any atom is 0.309 e. The summed E-state index contributed by atoms with van der Waals surface area (Å²) in [6, 6.07) is 5.16. The van der Waals surface area contributed by atoms with Crippen LogP contribution in [0, 0.1) is 0 Å². The molecule has 4 heteroatoms. The fourth-order valence-electron chi connectivity index (χ4n) is 1.36. The molecule has 2 N–H and O–H groups in total. The molecule has 0 saturated carbocycles. The molecule has 0 atom stereocenters. The Hall–Kier alpha value is -2.10. The van der Waals surface area contributed by atoms with Crippen LogP contribution in [-0.2, 0) is 9.53 Å². The Morgan fingerprint density at radius 1 is 1.41 bits per heavy atom. The predicted molar refractivity (Wildman–Crippen MR) is 66.5 cm³/mol. The second-order valence-electron chi connectivity index (χ2n) is 3.59. The molecule has 90 valence electrons. The maximum atomic E-state index is 11.3. The lowest BCUT2D eigenvalue weighted by molar-refractivity contribution is -0.139. The zero-order valence-corrected chi connectivity index (χ0v) is 9.90. The number of ketones is 1. The third-order valence-corrected chi connectivity index (χ3v) is 2.28. The number of ether oxygens (including phenoxy) is 1. The molecule has 0 saturated heterocycles. The van der Waals surface area contributed by atoms with Gasteiger partial charge in [-0.15, -0.1) is 0 Å². The Bertz CT molecular complexity index is 464. The molecule has 4 nitrogen and oxygen atoms in total. The quantitative estimate of drug-likeness (QED) is 0.491. The van der Waals surface area contributed by atoms with Gasteiger partial charge in [0.25, 0.3) is 0 Å². The van der Waals surface area contributed by atoms with E-state index in [0.29, 0.717) is 11.3 Å². The number of hydrogen-bond donors (Lipinski definition) is 1. The lowest BCUT2D eigenvalue weighted by atomic mass is 10.1. The Morgan fingerprint density at radius 3 is 2.71 bits per heavy atom. The van der Waals surface area contributed by atoms with E-state index in [0.717, 1.165) is 5.56 Å². The summed E-state index contributed by atoms with van der Waals surface area (Å²) < 4.78 is 4.50. The number of carbonyl (C=O) groups is 2. The first-order valence-electron chi connectivity index (χ1n) is 5.18. The predicted octanol–water partition coefficient (Wildman–Crippen LogP) is 2.05. The van der Waals surface area contributed by atoms with Gasteiger partial charge in [-0.05, 0) is 24.6 Å². The first-order chi connectivity index (χ1) is 8.04. The first-order valence-corrected chi connectivity index (χ1v) is 5.18. The number of hydrogen-bond acceptors (Lipinski definition) is 4. The molecular formula is C13H15NO3. The van der Waals surface area contributed by atoms with Gasteiger partial charge in [-0.3, -0.25) is 9.59 Å². The van der Waals surface area contributed by atoms with Gasteiger partial charge in [-0.1, -0.05) is 18.2 Å². The molecule has 0 aliphatic carbocycles. The van der Waals surface area contributed by atoms with Crippen molar-refractivity contribution in [1.29, 1.82) is 0 Å². The summed E-state index contributed by atoms with van der Waals surface area (Å²) in [7, 11) is 1.34. The fraction of sp³-hybridized carbons (Fsp3) is 0.231. The zero-order chi connectivity index (χ0) is 12.8. The molecule has 0 heterocycles. The van der Waals surface area contributed by atoms with Gasteiger partial charge in [0.05, 0.1) is 13.5 Å². The number of benzene rings is 1. The largest absolute Gasteiger partial charge is 0.469 e. The number of esters is 1. The SMILES string of the molecule is COC(=O)CC=Cc1ccc(N)c(C(C)=O)c1. The van der Waals surface area contributed by atoms with Gasteiger partial charge in [0, 0.05) is 11.3 Å². The molecule has 1 aromatic carbocycles. The van der Waals surface area contributed by atoms with Gasteiger partial charge in [0.2, 0.25) is 0 Å². The smallest absolute Gasteiger partial charge is 0.309 e. The number of nitrogens with two attached hydrogens (primary N) is 1. The molecule has 0 fully saturated rings. The second-order valence-corrected chi connectivity index (χ2v) is 3.59. The van der Waals surface area contributed by atoms with Crippen LogP contribution in [0.4, 0.5) is 5.69 Å². The van der Waals surface area contributed by atoms with Crippen molar-refractivity contribution < 1.29 is 14.3 Å². The lowest BCUT2D eigenvalue weighted by Gasteiger charge is -2.02. The minimum atomic E-state index is -0.302. The summed E-state index contributed by atoms with van der Waals surface area (Å²) in [5, 5.41) is 0. The van der Waals surface area contributed by atoms with Crippen molar-refractivity contribution in [2.24, 2.45) is 0 Å². The van der Waals surface area contributed by atoms with E-state index in [9.17, 15) is 9.59 Å². The average Bonchev–Trinajstić information content (AvgIpc) is 2.30. The molecule has 0 spiro atoms. The summed E-state index contributed by atoms with van der Waals surface area (Å²) in [4.78, 5) is 22.2. The van der Waals surface area contributed by atoms with Crippen LogP contribution in [0.25, 0.3) is 6.08 Å². The van der Waals surface area contributed by atoms with E-state index in [1.165, 1.54) is 14.0 Å². The number of anilines is 1. The summed E-state index contributed by atoms with van der Waals surface area (Å²) in [5.41, 5.74) is 7.45. The van der Waals surface area contributed by atoms with Crippen molar-refractivity contribution in [3.63, 3.8) is 0 Å². The molecule has 0 radical (unpaired) electrons. The van der Waals surface area contributed by atoms with Gasteiger partial charge in [0.15, 0.2) is 5.78 Å². The summed E-state index contributed by atoms with van der Waals surface area (Å²) >= 11 is 0. The molecular weight excluding hydrogens is 218 g/mol. The molecule has 1 aromatic rings. The van der Waals surface area contributed by atoms with Crippen molar-refractivity contribution >= 4 is 23.5 Å². The highest BCUT2D eigenvalue weighted by molar-refractivity contribution is 5.99. The van der Waals surface area contributed by atoms with Crippen LogP contribution < -0.4 is 5.73 Å². The van der Waals surface area contributed by atoms with Crippen molar-refractivity contribution in [2.45, 2.75) is 13.3 Å². The van der Waals surface area contributed by atoms with Gasteiger partial charge in [-0.25, -0.2) is 0 Å². The molecule has 0 aromatic heterocycles. The number of Topliss-reactive ketones (excluding diaryl/α,β-unsaturated/α-hetero) is 1. The fourth-order valence-corrected chi connectivity index (χ4v) is 1.36. The minimum absolute atomic E-state index is 0.0780.